The van der Waals surface area contributed by atoms with Gasteiger partial charge in [-0.15, -0.1) is 0 Å². The van der Waals surface area contributed by atoms with Gasteiger partial charge in [-0.2, -0.15) is 0 Å². The molecule has 1 fully saturated rings. The van der Waals surface area contributed by atoms with E-state index in [-0.39, 0.29) is 16.8 Å². The SMILES string of the molecule is COc1ccccc1NS(=O)(=O)c1ccc(C(=O)NCC(CC(C)C)N2CCOCC2)cc1. The molecule has 8 nitrogen and oxygen atoms in total. The Labute approximate surface area is 196 Å². The van der Waals surface area contributed by atoms with Crippen LogP contribution in [0.2, 0.25) is 0 Å². The number of rotatable bonds is 10. The van der Waals surface area contributed by atoms with E-state index in [1.807, 2.05) is 0 Å². The second-order valence-corrected chi connectivity index (χ2v) is 10.2. The average Bonchev–Trinajstić information content (AvgIpc) is 2.82. The minimum Gasteiger partial charge on any atom is -0.495 e. The maximum Gasteiger partial charge on any atom is 0.262 e. The number of methoxy groups -OCH3 is 1. The largest absolute Gasteiger partial charge is 0.495 e. The number of sulfonamides is 1. The van der Waals surface area contributed by atoms with Crippen molar-refractivity contribution in [3.8, 4) is 5.75 Å². The van der Waals surface area contributed by atoms with Crippen molar-refractivity contribution in [3.05, 3.63) is 54.1 Å². The number of nitrogens with one attached hydrogen (secondary N) is 2. The average molecular weight is 476 g/mol. The topological polar surface area (TPSA) is 97.0 Å². The maximum absolute atomic E-state index is 12.8. The van der Waals surface area contributed by atoms with Gasteiger partial charge in [0.05, 0.1) is 30.9 Å². The van der Waals surface area contributed by atoms with Crippen LogP contribution >= 0.6 is 0 Å². The fraction of sp³-hybridized carbons (Fsp3) is 0.458. The molecule has 0 aromatic heterocycles. The highest BCUT2D eigenvalue weighted by Gasteiger charge is 2.23. The summed E-state index contributed by atoms with van der Waals surface area (Å²) in [6.45, 7) is 8.02. The molecule has 2 N–H and O–H groups in total. The van der Waals surface area contributed by atoms with Crippen LogP contribution in [-0.4, -0.2) is 65.2 Å². The van der Waals surface area contributed by atoms with Gasteiger partial charge in [0.15, 0.2) is 0 Å². The van der Waals surface area contributed by atoms with E-state index in [4.69, 9.17) is 9.47 Å². The molecule has 1 aliphatic rings. The molecule has 1 amide bonds. The molecule has 0 spiro atoms. The zero-order valence-electron chi connectivity index (χ0n) is 19.4. The molecule has 1 atom stereocenters. The molecule has 9 heteroatoms. The van der Waals surface area contributed by atoms with Crippen molar-refractivity contribution in [3.63, 3.8) is 0 Å². The van der Waals surface area contributed by atoms with Crippen molar-refractivity contribution in [2.24, 2.45) is 5.92 Å². The normalized spacial score (nSPS) is 15.8. The summed E-state index contributed by atoms with van der Waals surface area (Å²) in [6, 6.07) is 12.9. The molecule has 180 valence electrons. The minimum absolute atomic E-state index is 0.0657. The molecule has 0 bridgehead atoms. The Hall–Kier alpha value is -2.62. The molecule has 0 aliphatic carbocycles. The summed E-state index contributed by atoms with van der Waals surface area (Å²) in [5, 5.41) is 3.01. The molecular formula is C24H33N3O5S. The van der Waals surface area contributed by atoms with E-state index in [0.29, 0.717) is 42.7 Å². The number of para-hydroxylation sites is 2. The number of ether oxygens (including phenoxy) is 2. The molecule has 1 aliphatic heterocycles. The number of carbonyl (C=O) groups excluding carboxylic acids is 1. The van der Waals surface area contributed by atoms with Crippen molar-refractivity contribution in [1.29, 1.82) is 0 Å². The molecule has 0 saturated carbocycles. The number of nitrogens with zero attached hydrogens (tertiary/aromatic N) is 1. The lowest BCUT2D eigenvalue weighted by atomic mass is 10.0. The maximum atomic E-state index is 12.8. The Morgan fingerprint density at radius 1 is 1.09 bits per heavy atom. The van der Waals surface area contributed by atoms with E-state index in [0.717, 1.165) is 19.5 Å². The van der Waals surface area contributed by atoms with Crippen LogP contribution in [0, 0.1) is 5.92 Å². The van der Waals surface area contributed by atoms with E-state index in [2.05, 4.69) is 28.8 Å². The predicted octanol–water partition coefficient (Wildman–Crippen LogP) is 2.97. The first-order chi connectivity index (χ1) is 15.8. The highest BCUT2D eigenvalue weighted by molar-refractivity contribution is 7.92. The summed E-state index contributed by atoms with van der Waals surface area (Å²) >= 11 is 0. The Morgan fingerprint density at radius 3 is 2.39 bits per heavy atom. The predicted molar refractivity (Wildman–Crippen MR) is 128 cm³/mol. The van der Waals surface area contributed by atoms with E-state index in [1.54, 1.807) is 24.3 Å². The summed E-state index contributed by atoms with van der Waals surface area (Å²) in [7, 11) is -2.34. The van der Waals surface area contributed by atoms with Gasteiger partial charge in [-0.1, -0.05) is 26.0 Å². The first kappa shape index (κ1) is 25.0. The second kappa shape index (κ2) is 11.5. The smallest absolute Gasteiger partial charge is 0.262 e. The second-order valence-electron chi connectivity index (χ2n) is 8.47. The Kier molecular flexibility index (Phi) is 8.71. The van der Waals surface area contributed by atoms with Gasteiger partial charge in [0.25, 0.3) is 15.9 Å². The number of morpholine rings is 1. The van der Waals surface area contributed by atoms with Crippen molar-refractivity contribution in [2.45, 2.75) is 31.2 Å². The van der Waals surface area contributed by atoms with Gasteiger partial charge < -0.3 is 14.8 Å². The first-order valence-corrected chi connectivity index (χ1v) is 12.6. The fourth-order valence-electron chi connectivity index (χ4n) is 3.88. The summed E-state index contributed by atoms with van der Waals surface area (Å²) < 4.78 is 38.7. The van der Waals surface area contributed by atoms with Crippen LogP contribution in [0.4, 0.5) is 5.69 Å². The lowest BCUT2D eigenvalue weighted by Gasteiger charge is -2.35. The summed E-state index contributed by atoms with van der Waals surface area (Å²) in [6.07, 6.45) is 0.978. The van der Waals surface area contributed by atoms with Crippen LogP contribution < -0.4 is 14.8 Å². The van der Waals surface area contributed by atoms with Gasteiger partial charge >= 0.3 is 0 Å². The highest BCUT2D eigenvalue weighted by atomic mass is 32.2. The summed E-state index contributed by atoms with van der Waals surface area (Å²) in [4.78, 5) is 15.1. The van der Waals surface area contributed by atoms with Gasteiger partial charge in [0.2, 0.25) is 0 Å². The molecule has 33 heavy (non-hydrogen) atoms. The fourth-order valence-corrected chi connectivity index (χ4v) is 4.95. The molecule has 1 saturated heterocycles. The highest BCUT2D eigenvalue weighted by Crippen LogP contribution is 2.26. The van der Waals surface area contributed by atoms with Gasteiger partial charge in [0, 0.05) is 31.2 Å². The standard InChI is InChI=1S/C24H33N3O5S/c1-18(2)16-20(27-12-14-32-15-13-27)17-25-24(28)19-8-10-21(11-9-19)33(29,30)26-22-6-4-5-7-23(22)31-3/h4-11,18,20,26H,12-17H2,1-3H3,(H,25,28). The third-order valence-electron chi connectivity index (χ3n) is 5.58. The van der Waals surface area contributed by atoms with Crippen molar-refractivity contribution in [1.82, 2.24) is 10.2 Å². The third kappa shape index (κ3) is 6.93. The van der Waals surface area contributed by atoms with Crippen LogP contribution in [0.5, 0.6) is 5.75 Å². The van der Waals surface area contributed by atoms with Crippen molar-refractivity contribution < 1.29 is 22.7 Å². The number of benzene rings is 2. The molecule has 1 unspecified atom stereocenters. The molecule has 2 aromatic carbocycles. The molecule has 2 aromatic rings. The number of hydrogen-bond donors (Lipinski definition) is 2. The van der Waals surface area contributed by atoms with E-state index >= 15 is 0 Å². The van der Waals surface area contributed by atoms with Gasteiger partial charge in [-0.05, 0) is 48.7 Å². The quantitative estimate of drug-likeness (QED) is 0.548. The van der Waals surface area contributed by atoms with E-state index in [9.17, 15) is 13.2 Å². The Balaban J connectivity index is 1.64. The van der Waals surface area contributed by atoms with Crippen molar-refractivity contribution >= 4 is 21.6 Å². The Bertz CT molecular complexity index is 1020. The zero-order chi connectivity index (χ0) is 23.8. The van der Waals surface area contributed by atoms with E-state index < -0.39 is 10.0 Å². The van der Waals surface area contributed by atoms with Crippen LogP contribution in [-0.2, 0) is 14.8 Å². The number of hydrogen-bond acceptors (Lipinski definition) is 6. The minimum atomic E-state index is -3.82. The van der Waals surface area contributed by atoms with Gasteiger partial charge in [0.1, 0.15) is 5.75 Å². The van der Waals surface area contributed by atoms with Crippen molar-refractivity contribution in [2.75, 3.05) is 44.7 Å². The van der Waals surface area contributed by atoms with Gasteiger partial charge in [-0.25, -0.2) is 8.42 Å². The molecular weight excluding hydrogens is 442 g/mol. The lowest BCUT2D eigenvalue weighted by Crippen LogP contribution is -2.49. The molecule has 0 radical (unpaired) electrons. The molecule has 1 heterocycles. The van der Waals surface area contributed by atoms with Crippen LogP contribution in [0.3, 0.4) is 0 Å². The van der Waals surface area contributed by atoms with Crippen LogP contribution in [0.15, 0.2) is 53.4 Å². The van der Waals surface area contributed by atoms with E-state index in [1.165, 1.54) is 31.4 Å². The number of amides is 1. The monoisotopic (exact) mass is 475 g/mol. The zero-order valence-corrected chi connectivity index (χ0v) is 20.2. The summed E-state index contributed by atoms with van der Waals surface area (Å²) in [5.74, 6) is 0.710. The van der Waals surface area contributed by atoms with Gasteiger partial charge in [-0.3, -0.25) is 14.4 Å². The number of anilines is 1. The number of carbonyl (C=O) groups is 1. The lowest BCUT2D eigenvalue weighted by molar-refractivity contribution is 0.0124. The molecule has 3 rings (SSSR count). The van der Waals surface area contributed by atoms with Crippen LogP contribution in [0.25, 0.3) is 0 Å². The first-order valence-electron chi connectivity index (χ1n) is 11.2. The van der Waals surface area contributed by atoms with Crippen LogP contribution in [0.1, 0.15) is 30.6 Å². The summed E-state index contributed by atoms with van der Waals surface area (Å²) in [5.41, 5.74) is 0.762. The third-order valence-corrected chi connectivity index (χ3v) is 6.96. The Morgan fingerprint density at radius 2 is 1.76 bits per heavy atom.